The second-order valence-electron chi connectivity index (χ2n) is 8.63. The van der Waals surface area contributed by atoms with Crippen molar-refractivity contribution in [1.82, 2.24) is 20.3 Å². The molecule has 9 heteroatoms. The molecule has 0 spiro atoms. The first-order chi connectivity index (χ1) is 14.7. The molecule has 1 atom stereocenters. The molecule has 1 aliphatic heterocycles. The minimum Gasteiger partial charge on any atom is -0.353 e. The molecule has 3 rings (SSSR count). The zero-order valence-corrected chi connectivity index (χ0v) is 19.1. The summed E-state index contributed by atoms with van der Waals surface area (Å²) in [4.78, 5) is 25.2. The van der Waals surface area contributed by atoms with E-state index in [-0.39, 0.29) is 23.3 Å². The molecule has 1 aliphatic carbocycles. The lowest BCUT2D eigenvalue weighted by molar-refractivity contribution is -0.129. The molecule has 3 N–H and O–H groups in total. The number of rotatable bonds is 7. The van der Waals surface area contributed by atoms with Gasteiger partial charge in [-0.3, -0.25) is 13.9 Å². The maximum Gasteiger partial charge on any atom is 0.264 e. The Morgan fingerprint density at radius 1 is 1.13 bits per heavy atom. The van der Waals surface area contributed by atoms with Gasteiger partial charge in [0.2, 0.25) is 11.8 Å². The van der Waals surface area contributed by atoms with Gasteiger partial charge in [-0.05, 0) is 44.7 Å². The van der Waals surface area contributed by atoms with E-state index in [9.17, 15) is 18.0 Å². The van der Waals surface area contributed by atoms with Gasteiger partial charge in [-0.15, -0.1) is 0 Å². The first-order valence-corrected chi connectivity index (χ1v) is 12.2. The molecule has 8 nitrogen and oxygen atoms in total. The van der Waals surface area contributed by atoms with Crippen LogP contribution in [0.1, 0.15) is 51.5 Å². The van der Waals surface area contributed by atoms with Crippen molar-refractivity contribution in [2.75, 3.05) is 0 Å². The van der Waals surface area contributed by atoms with E-state index >= 15 is 0 Å². The van der Waals surface area contributed by atoms with Crippen LogP contribution >= 0.6 is 0 Å². The van der Waals surface area contributed by atoms with Gasteiger partial charge in [0, 0.05) is 30.5 Å². The predicted molar refractivity (Wildman–Crippen MR) is 118 cm³/mol. The van der Waals surface area contributed by atoms with Crippen molar-refractivity contribution in [2.24, 2.45) is 0 Å². The molecule has 1 aromatic carbocycles. The fraction of sp³-hybridized carbons (Fsp3) is 0.545. The third kappa shape index (κ3) is 5.86. The predicted octanol–water partition coefficient (Wildman–Crippen LogP) is 1.77. The lowest BCUT2D eigenvalue weighted by Crippen LogP contribution is -2.52. The second-order valence-corrected chi connectivity index (χ2v) is 10.5. The van der Waals surface area contributed by atoms with Gasteiger partial charge in [-0.25, -0.2) is 8.42 Å². The van der Waals surface area contributed by atoms with Crippen LogP contribution in [-0.4, -0.2) is 48.7 Å². The molecule has 0 unspecified atom stereocenters. The molecule has 0 aromatic heterocycles. The van der Waals surface area contributed by atoms with Gasteiger partial charge in [0.15, 0.2) is 0 Å². The smallest absolute Gasteiger partial charge is 0.264 e. The van der Waals surface area contributed by atoms with E-state index < -0.39 is 22.0 Å². The first-order valence-electron chi connectivity index (χ1n) is 10.8. The van der Waals surface area contributed by atoms with Crippen molar-refractivity contribution >= 4 is 21.8 Å². The van der Waals surface area contributed by atoms with Gasteiger partial charge in [-0.1, -0.05) is 31.5 Å². The van der Waals surface area contributed by atoms with Crippen molar-refractivity contribution < 1.29 is 18.0 Å². The van der Waals surface area contributed by atoms with Crippen LogP contribution in [0.4, 0.5) is 0 Å². The minimum absolute atomic E-state index is 0.0436. The summed E-state index contributed by atoms with van der Waals surface area (Å²) in [6, 6.07) is 6.21. The van der Waals surface area contributed by atoms with E-state index in [0.717, 1.165) is 35.6 Å². The molecule has 2 aliphatic rings. The second kappa shape index (κ2) is 9.82. The third-order valence-electron chi connectivity index (χ3n) is 5.69. The Morgan fingerprint density at radius 3 is 2.35 bits per heavy atom. The van der Waals surface area contributed by atoms with E-state index in [1.807, 2.05) is 6.92 Å². The molecule has 31 heavy (non-hydrogen) atoms. The number of hydrogen-bond acceptors (Lipinski definition) is 5. The summed E-state index contributed by atoms with van der Waals surface area (Å²) >= 11 is 0. The van der Waals surface area contributed by atoms with Gasteiger partial charge in [0.05, 0.1) is 11.3 Å². The summed E-state index contributed by atoms with van der Waals surface area (Å²) in [5, 5.41) is 9.02. The van der Waals surface area contributed by atoms with Gasteiger partial charge in [0.1, 0.15) is 6.04 Å². The molecule has 0 saturated heterocycles. The van der Waals surface area contributed by atoms with Gasteiger partial charge >= 0.3 is 0 Å². The molecule has 1 heterocycles. The minimum atomic E-state index is -3.96. The molecule has 0 radical (unpaired) electrons. The standard InChI is InChI=1S/C22H32N4O4S/c1-15(2)24-17-6-8-18(9-7-17)25-21(27)14-20-22(28)23-12-13-26(20)31(29,30)19-10-4-16(3)5-11-19/h4-5,10-13,15,17-18,20,24H,6-9,14H2,1-3H3,(H,23,28)(H,25,27)/t17-,18+,20-/m1/s1. The SMILES string of the molecule is Cc1ccc(S(=O)(=O)N2C=CNC(=O)[C@H]2CC(=O)N[C@H]2CC[C@@H](NC(C)C)CC2)cc1. The topological polar surface area (TPSA) is 108 Å². The van der Waals surface area contributed by atoms with Crippen molar-refractivity contribution in [1.29, 1.82) is 0 Å². The maximum absolute atomic E-state index is 13.1. The normalized spacial score (nSPS) is 24.2. The summed E-state index contributed by atoms with van der Waals surface area (Å²) in [5.74, 6) is -0.835. The quantitative estimate of drug-likeness (QED) is 0.589. The average Bonchev–Trinajstić information content (AvgIpc) is 2.71. The summed E-state index contributed by atoms with van der Waals surface area (Å²) in [5.41, 5.74) is 0.931. The van der Waals surface area contributed by atoms with Crippen molar-refractivity contribution in [3.05, 3.63) is 42.2 Å². The van der Waals surface area contributed by atoms with Crippen molar-refractivity contribution in [3.63, 3.8) is 0 Å². The Bertz CT molecular complexity index is 919. The first kappa shape index (κ1) is 23.3. The largest absolute Gasteiger partial charge is 0.353 e. The Morgan fingerprint density at radius 2 is 1.74 bits per heavy atom. The zero-order valence-electron chi connectivity index (χ0n) is 18.3. The Balaban J connectivity index is 1.65. The number of sulfonamides is 1. The summed E-state index contributed by atoms with van der Waals surface area (Å²) in [7, 11) is -3.96. The number of carbonyl (C=O) groups excluding carboxylic acids is 2. The van der Waals surface area contributed by atoms with E-state index in [0.29, 0.717) is 12.1 Å². The summed E-state index contributed by atoms with van der Waals surface area (Å²) < 4.78 is 27.2. The van der Waals surface area contributed by atoms with Gasteiger partial charge in [0.25, 0.3) is 10.0 Å². The van der Waals surface area contributed by atoms with Crippen LogP contribution in [0, 0.1) is 6.92 Å². The number of nitrogens with one attached hydrogen (secondary N) is 3. The molecular formula is C22H32N4O4S. The Hall–Kier alpha value is -2.39. The number of hydrogen-bond donors (Lipinski definition) is 3. The number of benzene rings is 1. The number of amides is 2. The van der Waals surface area contributed by atoms with Crippen LogP contribution in [0.25, 0.3) is 0 Å². The Labute approximate surface area is 184 Å². The molecule has 170 valence electrons. The van der Waals surface area contributed by atoms with E-state index in [4.69, 9.17) is 0 Å². The molecule has 1 fully saturated rings. The summed E-state index contributed by atoms with van der Waals surface area (Å²) in [6.07, 6.45) is 6.03. The fourth-order valence-corrected chi connectivity index (χ4v) is 5.56. The van der Waals surface area contributed by atoms with Crippen LogP contribution < -0.4 is 16.0 Å². The molecular weight excluding hydrogens is 416 g/mol. The highest BCUT2D eigenvalue weighted by atomic mass is 32.2. The molecule has 2 amide bonds. The zero-order chi connectivity index (χ0) is 22.6. The lowest BCUT2D eigenvalue weighted by Gasteiger charge is -2.33. The maximum atomic E-state index is 13.1. The molecule has 0 bridgehead atoms. The van der Waals surface area contributed by atoms with Crippen LogP contribution in [0.5, 0.6) is 0 Å². The van der Waals surface area contributed by atoms with E-state index in [1.165, 1.54) is 24.5 Å². The van der Waals surface area contributed by atoms with Gasteiger partial charge in [-0.2, -0.15) is 0 Å². The van der Waals surface area contributed by atoms with Crippen molar-refractivity contribution in [3.8, 4) is 0 Å². The van der Waals surface area contributed by atoms with Crippen molar-refractivity contribution in [2.45, 2.75) is 81.9 Å². The molecule has 1 saturated carbocycles. The summed E-state index contributed by atoms with van der Waals surface area (Å²) in [6.45, 7) is 6.10. The van der Waals surface area contributed by atoms with Crippen LogP contribution in [-0.2, 0) is 19.6 Å². The highest BCUT2D eigenvalue weighted by Gasteiger charge is 2.37. The van der Waals surface area contributed by atoms with Crippen LogP contribution in [0.3, 0.4) is 0 Å². The number of aryl methyl sites for hydroxylation is 1. The fourth-order valence-electron chi connectivity index (χ4n) is 4.11. The average molecular weight is 449 g/mol. The number of carbonyl (C=O) groups is 2. The highest BCUT2D eigenvalue weighted by molar-refractivity contribution is 7.89. The molecule has 1 aromatic rings. The van der Waals surface area contributed by atoms with Crippen LogP contribution in [0.15, 0.2) is 41.6 Å². The van der Waals surface area contributed by atoms with E-state index in [1.54, 1.807) is 12.1 Å². The highest BCUT2D eigenvalue weighted by Crippen LogP contribution is 2.24. The van der Waals surface area contributed by atoms with E-state index in [2.05, 4.69) is 29.8 Å². The number of nitrogens with zero attached hydrogens (tertiary/aromatic N) is 1. The van der Waals surface area contributed by atoms with Gasteiger partial charge < -0.3 is 16.0 Å². The van der Waals surface area contributed by atoms with Crippen LogP contribution in [0.2, 0.25) is 0 Å². The third-order valence-corrected chi connectivity index (χ3v) is 7.49. The monoisotopic (exact) mass is 448 g/mol. The Kier molecular flexibility index (Phi) is 7.38. The lowest BCUT2D eigenvalue weighted by atomic mass is 9.90.